The normalized spacial score (nSPS) is 10.6. The van der Waals surface area contributed by atoms with E-state index in [1.807, 2.05) is 48.5 Å². The summed E-state index contributed by atoms with van der Waals surface area (Å²) in [5, 5.41) is 0. The molecule has 0 atom stereocenters. The highest BCUT2D eigenvalue weighted by Gasteiger charge is 2.09. The quantitative estimate of drug-likeness (QED) is 0.185. The average Bonchev–Trinajstić information content (AvgIpc) is 2.82. The van der Waals surface area contributed by atoms with Crippen molar-refractivity contribution in [3.63, 3.8) is 0 Å². The van der Waals surface area contributed by atoms with Gasteiger partial charge in [-0.3, -0.25) is 0 Å². The van der Waals surface area contributed by atoms with E-state index in [-0.39, 0.29) is 5.97 Å². The van der Waals surface area contributed by atoms with Crippen molar-refractivity contribution in [1.29, 1.82) is 0 Å². The van der Waals surface area contributed by atoms with E-state index in [0.717, 1.165) is 36.3 Å². The highest BCUT2D eigenvalue weighted by Crippen LogP contribution is 2.24. The molecule has 0 fully saturated rings. The Morgan fingerprint density at radius 3 is 1.87 bits per heavy atom. The molecule has 3 heteroatoms. The third-order valence-electron chi connectivity index (χ3n) is 5.37. The van der Waals surface area contributed by atoms with Crippen LogP contribution in [0.2, 0.25) is 0 Å². The first kappa shape index (κ1) is 22.6. The van der Waals surface area contributed by atoms with E-state index in [1.165, 1.54) is 31.2 Å². The third-order valence-corrected chi connectivity index (χ3v) is 5.37. The molecule has 0 bridgehead atoms. The summed E-state index contributed by atoms with van der Waals surface area (Å²) < 4.78 is 11.3. The minimum absolute atomic E-state index is 0.349. The number of carbonyl (C=O) groups excluding carboxylic acids is 1. The van der Waals surface area contributed by atoms with Gasteiger partial charge < -0.3 is 9.47 Å². The maximum atomic E-state index is 12.4. The van der Waals surface area contributed by atoms with Gasteiger partial charge in [-0.25, -0.2) is 4.79 Å². The van der Waals surface area contributed by atoms with Gasteiger partial charge in [-0.2, -0.15) is 0 Å². The minimum atomic E-state index is -0.349. The molecule has 0 aliphatic rings. The largest absolute Gasteiger partial charge is 0.494 e. The first-order valence-electron chi connectivity index (χ1n) is 11.3. The van der Waals surface area contributed by atoms with E-state index in [0.29, 0.717) is 11.3 Å². The molecule has 0 heterocycles. The summed E-state index contributed by atoms with van der Waals surface area (Å²) in [7, 11) is 0. The van der Waals surface area contributed by atoms with Crippen LogP contribution in [-0.4, -0.2) is 12.6 Å². The molecule has 3 nitrogen and oxygen atoms in total. The summed E-state index contributed by atoms with van der Waals surface area (Å²) in [5.74, 6) is 1.11. The number of aryl methyl sites for hydroxylation is 1. The molecule has 162 valence electrons. The van der Waals surface area contributed by atoms with E-state index in [1.54, 1.807) is 12.1 Å². The van der Waals surface area contributed by atoms with E-state index < -0.39 is 0 Å². The summed E-state index contributed by atoms with van der Waals surface area (Å²) in [5.41, 5.74) is 3.89. The molecule has 0 radical (unpaired) electrons. The number of carbonyl (C=O) groups is 1. The molecule has 0 unspecified atom stereocenters. The van der Waals surface area contributed by atoms with Crippen LogP contribution in [0.15, 0.2) is 72.8 Å². The Kier molecular flexibility index (Phi) is 8.71. The van der Waals surface area contributed by atoms with Crippen molar-refractivity contribution < 1.29 is 14.3 Å². The second-order valence-electron chi connectivity index (χ2n) is 7.75. The number of rotatable bonds is 11. The van der Waals surface area contributed by atoms with E-state index >= 15 is 0 Å². The molecule has 0 aliphatic heterocycles. The van der Waals surface area contributed by atoms with E-state index in [2.05, 4.69) is 26.0 Å². The fourth-order valence-electron chi connectivity index (χ4n) is 3.40. The van der Waals surface area contributed by atoms with Gasteiger partial charge in [0.2, 0.25) is 0 Å². The summed E-state index contributed by atoms with van der Waals surface area (Å²) >= 11 is 0. The van der Waals surface area contributed by atoms with Crippen molar-refractivity contribution in [3.8, 4) is 22.6 Å². The number of unbranched alkanes of at least 4 members (excludes halogenated alkanes) is 4. The predicted molar refractivity (Wildman–Crippen MR) is 127 cm³/mol. The zero-order valence-electron chi connectivity index (χ0n) is 18.6. The first-order valence-corrected chi connectivity index (χ1v) is 11.3. The first-order chi connectivity index (χ1) is 15.2. The van der Waals surface area contributed by atoms with Crippen LogP contribution in [0.5, 0.6) is 11.5 Å². The van der Waals surface area contributed by atoms with Gasteiger partial charge in [0.05, 0.1) is 12.2 Å². The van der Waals surface area contributed by atoms with E-state index in [9.17, 15) is 4.79 Å². The third kappa shape index (κ3) is 6.99. The second-order valence-corrected chi connectivity index (χ2v) is 7.75. The zero-order valence-corrected chi connectivity index (χ0v) is 18.6. The molecular weight excluding hydrogens is 384 g/mol. The molecule has 0 saturated heterocycles. The summed E-state index contributed by atoms with van der Waals surface area (Å²) in [6.07, 6.45) is 7.14. The molecule has 0 saturated carbocycles. The Hall–Kier alpha value is -3.07. The fourth-order valence-corrected chi connectivity index (χ4v) is 3.40. The van der Waals surface area contributed by atoms with Crippen molar-refractivity contribution in [2.45, 2.75) is 52.4 Å². The van der Waals surface area contributed by atoms with Crippen molar-refractivity contribution >= 4 is 5.97 Å². The molecule has 0 N–H and O–H groups in total. The van der Waals surface area contributed by atoms with Crippen molar-refractivity contribution in [3.05, 3.63) is 83.9 Å². The molecule has 0 spiro atoms. The van der Waals surface area contributed by atoms with Gasteiger partial charge >= 0.3 is 5.97 Å². The Morgan fingerprint density at radius 2 is 1.26 bits per heavy atom. The molecule has 3 aromatic rings. The van der Waals surface area contributed by atoms with Crippen LogP contribution in [0.25, 0.3) is 11.1 Å². The molecule has 0 aliphatic carbocycles. The number of hydrogen-bond donors (Lipinski definition) is 0. The number of hydrogen-bond acceptors (Lipinski definition) is 3. The predicted octanol–water partition coefficient (Wildman–Crippen LogP) is 7.48. The second kappa shape index (κ2) is 11.9. The highest BCUT2D eigenvalue weighted by molar-refractivity contribution is 5.91. The molecule has 3 aromatic carbocycles. The number of esters is 1. The van der Waals surface area contributed by atoms with Crippen LogP contribution in [0.3, 0.4) is 0 Å². The summed E-state index contributed by atoms with van der Waals surface area (Å²) in [6, 6.07) is 23.2. The van der Waals surface area contributed by atoms with Gasteiger partial charge in [0.15, 0.2) is 0 Å². The van der Waals surface area contributed by atoms with Crippen LogP contribution in [0, 0.1) is 0 Å². The zero-order chi connectivity index (χ0) is 21.9. The Morgan fingerprint density at radius 1 is 0.677 bits per heavy atom. The lowest BCUT2D eigenvalue weighted by atomic mass is 10.0. The van der Waals surface area contributed by atoms with Gasteiger partial charge in [0.25, 0.3) is 0 Å². The van der Waals surface area contributed by atoms with Crippen LogP contribution in [0.1, 0.15) is 61.9 Å². The van der Waals surface area contributed by atoms with Crippen molar-refractivity contribution in [2.24, 2.45) is 0 Å². The number of benzene rings is 3. The maximum Gasteiger partial charge on any atom is 0.343 e. The van der Waals surface area contributed by atoms with Gasteiger partial charge in [-0.15, -0.1) is 0 Å². The molecular formula is C28H32O3. The van der Waals surface area contributed by atoms with Gasteiger partial charge in [-0.1, -0.05) is 75.9 Å². The molecule has 31 heavy (non-hydrogen) atoms. The molecule has 0 aromatic heterocycles. The van der Waals surface area contributed by atoms with Crippen molar-refractivity contribution in [2.75, 3.05) is 6.61 Å². The lowest BCUT2D eigenvalue weighted by Gasteiger charge is -2.08. The smallest absolute Gasteiger partial charge is 0.343 e. The van der Waals surface area contributed by atoms with Crippen LogP contribution < -0.4 is 9.47 Å². The minimum Gasteiger partial charge on any atom is -0.494 e. The molecule has 3 rings (SSSR count). The molecule has 0 amide bonds. The average molecular weight is 417 g/mol. The van der Waals surface area contributed by atoms with Crippen LogP contribution >= 0.6 is 0 Å². The van der Waals surface area contributed by atoms with Gasteiger partial charge in [0.1, 0.15) is 11.5 Å². The lowest BCUT2D eigenvalue weighted by Crippen LogP contribution is -2.08. The lowest BCUT2D eigenvalue weighted by molar-refractivity contribution is 0.0734. The van der Waals surface area contributed by atoms with Crippen LogP contribution in [-0.2, 0) is 6.42 Å². The monoisotopic (exact) mass is 416 g/mol. The fraction of sp³-hybridized carbons (Fsp3) is 0.321. The Balaban J connectivity index is 1.52. The Bertz CT molecular complexity index is 926. The summed E-state index contributed by atoms with van der Waals surface area (Å²) in [4.78, 5) is 12.4. The van der Waals surface area contributed by atoms with Gasteiger partial charge in [0, 0.05) is 0 Å². The summed E-state index contributed by atoms with van der Waals surface area (Å²) in [6.45, 7) is 5.09. The standard InChI is InChI=1S/C28H32O3/c1-3-5-6-7-8-21-30-26-19-15-24(16-20-26)23-11-13-25(14-12-23)28(29)31-27-17-9-22(4-2)10-18-27/h9-20H,3-8,21H2,1-2H3. The highest BCUT2D eigenvalue weighted by atomic mass is 16.5. The van der Waals surface area contributed by atoms with E-state index in [4.69, 9.17) is 9.47 Å². The Labute approximate surface area is 186 Å². The van der Waals surface area contributed by atoms with Crippen molar-refractivity contribution in [1.82, 2.24) is 0 Å². The van der Waals surface area contributed by atoms with Gasteiger partial charge in [-0.05, 0) is 65.9 Å². The topological polar surface area (TPSA) is 35.5 Å². The SMILES string of the molecule is CCCCCCCOc1ccc(-c2ccc(C(=O)Oc3ccc(CC)cc3)cc2)cc1. The van der Waals surface area contributed by atoms with Crippen LogP contribution in [0.4, 0.5) is 0 Å². The number of ether oxygens (including phenoxy) is 2. The maximum absolute atomic E-state index is 12.4.